The summed E-state index contributed by atoms with van der Waals surface area (Å²) in [7, 11) is 0. The van der Waals surface area contributed by atoms with Crippen molar-refractivity contribution in [2.24, 2.45) is 4.99 Å². The lowest BCUT2D eigenvalue weighted by Gasteiger charge is -2.32. The van der Waals surface area contributed by atoms with E-state index in [-0.39, 0.29) is 18.0 Å². The molecule has 76 valence electrons. The van der Waals surface area contributed by atoms with Crippen LogP contribution in [0.1, 0.15) is 19.3 Å². The summed E-state index contributed by atoms with van der Waals surface area (Å²) in [5, 5.41) is 3.08. The SMILES string of the molecule is O=C1CCCC(=O)N1C1C=NCCN1. The standard InChI is InChI=1S/C9H13N3O2/c13-8-2-1-3-9(14)12(8)7-6-10-4-5-11-7/h6-7,11H,1-5H2. The molecule has 0 spiro atoms. The summed E-state index contributed by atoms with van der Waals surface area (Å²) >= 11 is 0. The first-order chi connectivity index (χ1) is 6.79. The van der Waals surface area contributed by atoms with Crippen molar-refractivity contribution in [2.45, 2.75) is 25.4 Å². The van der Waals surface area contributed by atoms with Crippen molar-refractivity contribution in [1.29, 1.82) is 0 Å². The molecule has 14 heavy (non-hydrogen) atoms. The molecule has 2 aliphatic rings. The lowest BCUT2D eigenvalue weighted by atomic mass is 10.1. The highest BCUT2D eigenvalue weighted by Crippen LogP contribution is 2.14. The van der Waals surface area contributed by atoms with Gasteiger partial charge in [-0.3, -0.25) is 24.8 Å². The lowest BCUT2D eigenvalue weighted by molar-refractivity contribution is -0.149. The Bertz CT molecular complexity index is 272. The molecular weight excluding hydrogens is 182 g/mol. The predicted molar refractivity (Wildman–Crippen MR) is 50.9 cm³/mol. The molecule has 0 radical (unpaired) electrons. The van der Waals surface area contributed by atoms with Crippen LogP contribution in [-0.2, 0) is 9.59 Å². The van der Waals surface area contributed by atoms with E-state index in [2.05, 4.69) is 10.3 Å². The highest BCUT2D eigenvalue weighted by atomic mass is 16.2. The molecule has 1 atom stereocenters. The molecule has 0 bridgehead atoms. The normalized spacial score (nSPS) is 28.3. The van der Waals surface area contributed by atoms with E-state index < -0.39 is 0 Å². The predicted octanol–water partition coefficient (Wildman–Crippen LogP) is -0.474. The zero-order chi connectivity index (χ0) is 9.97. The number of piperidine rings is 1. The van der Waals surface area contributed by atoms with Gasteiger partial charge in [-0.25, -0.2) is 0 Å². The fourth-order valence-corrected chi connectivity index (χ4v) is 1.74. The summed E-state index contributed by atoms with van der Waals surface area (Å²) in [6.07, 6.45) is 2.95. The van der Waals surface area contributed by atoms with Crippen molar-refractivity contribution in [3.63, 3.8) is 0 Å². The maximum Gasteiger partial charge on any atom is 0.230 e. The Balaban J connectivity index is 2.13. The third-order valence-corrected chi connectivity index (χ3v) is 2.44. The zero-order valence-corrected chi connectivity index (χ0v) is 7.90. The van der Waals surface area contributed by atoms with Gasteiger partial charge in [-0.2, -0.15) is 0 Å². The first-order valence-corrected chi connectivity index (χ1v) is 4.87. The molecule has 2 rings (SSSR count). The van der Waals surface area contributed by atoms with E-state index in [0.29, 0.717) is 25.8 Å². The lowest BCUT2D eigenvalue weighted by Crippen LogP contribution is -2.56. The molecule has 5 nitrogen and oxygen atoms in total. The van der Waals surface area contributed by atoms with Crippen molar-refractivity contribution in [3.05, 3.63) is 0 Å². The van der Waals surface area contributed by atoms with E-state index in [1.807, 2.05) is 0 Å². The van der Waals surface area contributed by atoms with Crippen LogP contribution in [-0.4, -0.2) is 42.2 Å². The number of nitrogens with one attached hydrogen (secondary N) is 1. The number of nitrogens with zero attached hydrogens (tertiary/aromatic N) is 2. The van der Waals surface area contributed by atoms with Crippen LogP contribution in [0.25, 0.3) is 0 Å². The number of likely N-dealkylation sites (tertiary alicyclic amines) is 1. The van der Waals surface area contributed by atoms with Crippen LogP contribution in [0.2, 0.25) is 0 Å². The van der Waals surface area contributed by atoms with Gasteiger partial charge in [0.25, 0.3) is 0 Å². The molecule has 5 heteroatoms. The number of carbonyl (C=O) groups excluding carboxylic acids is 2. The van der Waals surface area contributed by atoms with Crippen LogP contribution in [0.3, 0.4) is 0 Å². The minimum atomic E-state index is -0.316. The Hall–Kier alpha value is -1.23. The summed E-state index contributed by atoms with van der Waals surface area (Å²) in [6, 6.07) is 0. The summed E-state index contributed by atoms with van der Waals surface area (Å²) in [5.74, 6) is -0.181. The molecule has 0 saturated carbocycles. The maximum atomic E-state index is 11.5. The molecule has 1 unspecified atom stereocenters. The fraction of sp³-hybridized carbons (Fsp3) is 0.667. The van der Waals surface area contributed by atoms with Gasteiger partial charge in [0.15, 0.2) is 0 Å². The van der Waals surface area contributed by atoms with Crippen molar-refractivity contribution in [2.75, 3.05) is 13.1 Å². The van der Waals surface area contributed by atoms with E-state index in [0.717, 1.165) is 6.54 Å². The second kappa shape index (κ2) is 3.88. The molecule has 2 heterocycles. The number of aliphatic imine (C=N–C) groups is 1. The second-order valence-electron chi connectivity index (χ2n) is 3.47. The van der Waals surface area contributed by atoms with E-state index in [1.54, 1.807) is 6.21 Å². The second-order valence-corrected chi connectivity index (χ2v) is 3.47. The van der Waals surface area contributed by atoms with E-state index in [1.165, 1.54) is 4.90 Å². The highest BCUT2D eigenvalue weighted by molar-refractivity contribution is 6.00. The summed E-state index contributed by atoms with van der Waals surface area (Å²) in [6.45, 7) is 1.44. The Morgan fingerprint density at radius 2 is 2.07 bits per heavy atom. The molecule has 0 aromatic heterocycles. The molecule has 0 aromatic rings. The number of carbonyl (C=O) groups is 2. The molecule has 1 N–H and O–H groups in total. The van der Waals surface area contributed by atoms with Gasteiger partial charge in [0.05, 0.1) is 6.54 Å². The van der Waals surface area contributed by atoms with Crippen molar-refractivity contribution >= 4 is 18.0 Å². The quantitative estimate of drug-likeness (QED) is 0.575. The number of rotatable bonds is 1. The van der Waals surface area contributed by atoms with Crippen LogP contribution in [0.5, 0.6) is 0 Å². The van der Waals surface area contributed by atoms with E-state index in [9.17, 15) is 9.59 Å². The van der Waals surface area contributed by atoms with Gasteiger partial charge in [-0.1, -0.05) is 0 Å². The van der Waals surface area contributed by atoms with Crippen LogP contribution in [0, 0.1) is 0 Å². The largest absolute Gasteiger partial charge is 0.293 e. The number of hydrogen-bond donors (Lipinski definition) is 1. The molecule has 1 fully saturated rings. The molecule has 2 amide bonds. The van der Waals surface area contributed by atoms with Crippen LogP contribution >= 0.6 is 0 Å². The Morgan fingerprint density at radius 1 is 1.36 bits per heavy atom. The third-order valence-electron chi connectivity index (χ3n) is 2.44. The first kappa shape index (κ1) is 9.33. The highest BCUT2D eigenvalue weighted by Gasteiger charge is 2.31. The van der Waals surface area contributed by atoms with Crippen molar-refractivity contribution in [3.8, 4) is 0 Å². The van der Waals surface area contributed by atoms with Gasteiger partial charge >= 0.3 is 0 Å². The van der Waals surface area contributed by atoms with Gasteiger partial charge in [-0.15, -0.1) is 0 Å². The number of hydrogen-bond acceptors (Lipinski definition) is 4. The molecule has 2 aliphatic heterocycles. The monoisotopic (exact) mass is 195 g/mol. The first-order valence-electron chi connectivity index (χ1n) is 4.87. The van der Waals surface area contributed by atoms with E-state index >= 15 is 0 Å². The smallest absolute Gasteiger partial charge is 0.230 e. The van der Waals surface area contributed by atoms with Crippen molar-refractivity contribution < 1.29 is 9.59 Å². The summed E-state index contributed by atoms with van der Waals surface area (Å²) in [4.78, 5) is 28.4. The average molecular weight is 195 g/mol. The molecule has 0 aromatic carbocycles. The average Bonchev–Trinajstić information content (AvgIpc) is 2.19. The number of amides is 2. The fourth-order valence-electron chi connectivity index (χ4n) is 1.74. The van der Waals surface area contributed by atoms with Crippen LogP contribution < -0.4 is 5.32 Å². The molecule has 0 aliphatic carbocycles. The van der Waals surface area contributed by atoms with Gasteiger partial charge in [0.1, 0.15) is 6.17 Å². The summed E-state index contributed by atoms with van der Waals surface area (Å²) < 4.78 is 0. The van der Waals surface area contributed by atoms with Crippen LogP contribution in [0.4, 0.5) is 0 Å². The topological polar surface area (TPSA) is 61.8 Å². The summed E-state index contributed by atoms with van der Waals surface area (Å²) in [5.41, 5.74) is 0. The number of imide groups is 1. The van der Waals surface area contributed by atoms with Gasteiger partial charge in [0, 0.05) is 25.6 Å². The zero-order valence-electron chi connectivity index (χ0n) is 7.90. The third kappa shape index (κ3) is 1.68. The molecule has 1 saturated heterocycles. The minimum absolute atomic E-state index is 0.0906. The van der Waals surface area contributed by atoms with Crippen molar-refractivity contribution in [1.82, 2.24) is 10.2 Å². The van der Waals surface area contributed by atoms with Crippen LogP contribution in [0.15, 0.2) is 4.99 Å². The Labute approximate surface area is 82.2 Å². The van der Waals surface area contributed by atoms with Gasteiger partial charge < -0.3 is 0 Å². The van der Waals surface area contributed by atoms with Gasteiger partial charge in [-0.05, 0) is 6.42 Å². The van der Waals surface area contributed by atoms with Gasteiger partial charge in [0.2, 0.25) is 11.8 Å². The maximum absolute atomic E-state index is 11.5. The van der Waals surface area contributed by atoms with E-state index in [4.69, 9.17) is 0 Å². The molecular formula is C9H13N3O2. The Kier molecular flexibility index (Phi) is 2.58. The Morgan fingerprint density at radius 3 is 2.64 bits per heavy atom. The minimum Gasteiger partial charge on any atom is -0.293 e.